The smallest absolute Gasteiger partial charge is 0.317 e. The molecule has 122 valence electrons. The second kappa shape index (κ2) is 8.15. The molecule has 0 fully saturated rings. The van der Waals surface area contributed by atoms with Crippen molar-refractivity contribution in [3.63, 3.8) is 0 Å². The summed E-state index contributed by atoms with van der Waals surface area (Å²) in [5.74, 6) is -1.05. The molecule has 1 aromatic rings. The van der Waals surface area contributed by atoms with Gasteiger partial charge in [-0.3, -0.25) is 14.5 Å². The number of likely N-dealkylation sites (N-methyl/N-ethyl adjacent to an activating group) is 1. The molecule has 0 saturated heterocycles. The van der Waals surface area contributed by atoms with E-state index in [1.807, 2.05) is 32.9 Å². The highest BCUT2D eigenvalue weighted by Crippen LogP contribution is 2.21. The van der Waals surface area contributed by atoms with Crippen LogP contribution in [0.3, 0.4) is 0 Å². The van der Waals surface area contributed by atoms with E-state index >= 15 is 0 Å². The maximum Gasteiger partial charge on any atom is 0.317 e. The van der Waals surface area contributed by atoms with Crippen molar-refractivity contribution < 1.29 is 14.7 Å². The average Bonchev–Trinajstić information content (AvgIpc) is 2.45. The van der Waals surface area contributed by atoms with E-state index in [9.17, 15) is 9.59 Å². The molecular weight excluding hydrogens is 304 g/mol. The zero-order chi connectivity index (χ0) is 16.9. The van der Waals surface area contributed by atoms with Crippen LogP contribution >= 0.6 is 11.6 Å². The number of carbonyl (C=O) groups excluding carboxylic acids is 1. The first-order valence-corrected chi connectivity index (χ1v) is 7.57. The number of carboxylic acid groups (broad SMARTS) is 1. The summed E-state index contributed by atoms with van der Waals surface area (Å²) in [6.07, 6.45) is 0. The molecule has 0 heterocycles. The normalized spacial score (nSPS) is 12.5. The summed E-state index contributed by atoms with van der Waals surface area (Å²) in [6.45, 7) is 5.61. The molecule has 0 aliphatic carbocycles. The third-order valence-electron chi connectivity index (χ3n) is 3.73. The van der Waals surface area contributed by atoms with Crippen LogP contribution in [0.1, 0.15) is 32.4 Å². The average molecular weight is 327 g/mol. The van der Waals surface area contributed by atoms with Crippen molar-refractivity contribution in [2.24, 2.45) is 0 Å². The van der Waals surface area contributed by atoms with Crippen LogP contribution in [-0.2, 0) is 9.59 Å². The topological polar surface area (TPSA) is 60.9 Å². The zero-order valence-corrected chi connectivity index (χ0v) is 14.2. The van der Waals surface area contributed by atoms with Gasteiger partial charge in [0.15, 0.2) is 0 Å². The van der Waals surface area contributed by atoms with Crippen LogP contribution in [0.15, 0.2) is 24.3 Å². The Bertz CT molecular complexity index is 517. The molecule has 6 heteroatoms. The van der Waals surface area contributed by atoms with Gasteiger partial charge in [0.05, 0.1) is 19.1 Å². The lowest BCUT2D eigenvalue weighted by Crippen LogP contribution is -2.44. The number of amides is 1. The molecule has 0 radical (unpaired) electrons. The molecule has 0 aliphatic heterocycles. The third kappa shape index (κ3) is 5.31. The molecule has 0 bridgehead atoms. The van der Waals surface area contributed by atoms with Crippen molar-refractivity contribution >= 4 is 23.5 Å². The number of carbonyl (C=O) groups is 2. The summed E-state index contributed by atoms with van der Waals surface area (Å²) in [5, 5.41) is 9.57. The van der Waals surface area contributed by atoms with Crippen LogP contribution in [-0.4, -0.2) is 53.0 Å². The summed E-state index contributed by atoms with van der Waals surface area (Å²) in [4.78, 5) is 26.5. The van der Waals surface area contributed by atoms with E-state index in [-0.39, 0.29) is 31.1 Å². The Morgan fingerprint density at radius 1 is 1.14 bits per heavy atom. The van der Waals surface area contributed by atoms with Crippen LogP contribution in [0, 0.1) is 0 Å². The van der Waals surface area contributed by atoms with Gasteiger partial charge in [0.25, 0.3) is 0 Å². The predicted octanol–water partition coefficient (Wildman–Crippen LogP) is 2.65. The van der Waals surface area contributed by atoms with Gasteiger partial charge >= 0.3 is 5.97 Å². The lowest BCUT2D eigenvalue weighted by atomic mass is 10.1. The molecule has 1 rings (SSSR count). The largest absolute Gasteiger partial charge is 0.480 e. The molecule has 1 unspecified atom stereocenters. The Hall–Kier alpha value is -1.59. The highest BCUT2D eigenvalue weighted by Gasteiger charge is 2.22. The van der Waals surface area contributed by atoms with Gasteiger partial charge in [-0.2, -0.15) is 0 Å². The van der Waals surface area contributed by atoms with E-state index in [4.69, 9.17) is 16.7 Å². The van der Waals surface area contributed by atoms with Gasteiger partial charge in [-0.05, 0) is 38.5 Å². The Morgan fingerprint density at radius 2 is 1.68 bits per heavy atom. The summed E-state index contributed by atoms with van der Waals surface area (Å²) < 4.78 is 0. The van der Waals surface area contributed by atoms with E-state index in [0.717, 1.165) is 5.56 Å². The minimum absolute atomic E-state index is 0.0145. The lowest BCUT2D eigenvalue weighted by Gasteiger charge is -2.30. The minimum Gasteiger partial charge on any atom is -0.480 e. The fourth-order valence-corrected chi connectivity index (χ4v) is 2.19. The minimum atomic E-state index is -0.935. The number of benzene rings is 1. The number of halogens is 1. The monoisotopic (exact) mass is 326 g/mol. The molecule has 1 atom stereocenters. The maximum atomic E-state index is 12.4. The Labute approximate surface area is 136 Å². The number of nitrogens with zero attached hydrogens (tertiary/aromatic N) is 2. The fourth-order valence-electron chi connectivity index (χ4n) is 2.06. The van der Waals surface area contributed by atoms with Gasteiger partial charge in [-0.15, -0.1) is 0 Å². The van der Waals surface area contributed by atoms with Gasteiger partial charge in [0.1, 0.15) is 0 Å². The van der Waals surface area contributed by atoms with Gasteiger partial charge < -0.3 is 10.0 Å². The summed E-state index contributed by atoms with van der Waals surface area (Å²) in [7, 11) is 1.72. The highest BCUT2D eigenvalue weighted by molar-refractivity contribution is 6.30. The van der Waals surface area contributed by atoms with Crippen LogP contribution < -0.4 is 0 Å². The fraction of sp³-hybridized carbons (Fsp3) is 0.500. The molecule has 1 amide bonds. The van der Waals surface area contributed by atoms with Crippen molar-refractivity contribution in [2.45, 2.75) is 32.9 Å². The molecule has 0 spiro atoms. The first kappa shape index (κ1) is 18.5. The van der Waals surface area contributed by atoms with E-state index in [2.05, 4.69) is 0 Å². The molecule has 0 saturated carbocycles. The van der Waals surface area contributed by atoms with Gasteiger partial charge in [0.2, 0.25) is 5.91 Å². The molecule has 1 aromatic carbocycles. The first-order chi connectivity index (χ1) is 10.2. The quantitative estimate of drug-likeness (QED) is 0.836. The van der Waals surface area contributed by atoms with E-state index in [0.29, 0.717) is 5.02 Å². The maximum absolute atomic E-state index is 12.4. The predicted molar refractivity (Wildman–Crippen MR) is 87.0 cm³/mol. The SMILES string of the molecule is CC(C)N(CC(=O)O)CC(=O)N(C)C(C)c1ccc(Cl)cc1. The van der Waals surface area contributed by atoms with E-state index < -0.39 is 5.97 Å². The summed E-state index contributed by atoms with van der Waals surface area (Å²) in [5.41, 5.74) is 0.981. The van der Waals surface area contributed by atoms with Crippen molar-refractivity contribution in [1.82, 2.24) is 9.80 Å². The zero-order valence-electron chi connectivity index (χ0n) is 13.4. The molecule has 5 nitrogen and oxygen atoms in total. The lowest BCUT2D eigenvalue weighted by molar-refractivity contribution is -0.140. The summed E-state index contributed by atoms with van der Waals surface area (Å²) >= 11 is 5.87. The van der Waals surface area contributed by atoms with Gasteiger partial charge in [0, 0.05) is 18.1 Å². The Kier molecular flexibility index (Phi) is 6.84. The van der Waals surface area contributed by atoms with Crippen molar-refractivity contribution in [1.29, 1.82) is 0 Å². The third-order valence-corrected chi connectivity index (χ3v) is 3.99. The standard InChI is InChI=1S/C16H23ClN2O3/c1-11(2)19(10-16(21)22)9-15(20)18(4)12(3)13-5-7-14(17)8-6-13/h5-8,11-12H,9-10H2,1-4H3,(H,21,22). The van der Waals surface area contributed by atoms with Gasteiger partial charge in [-0.25, -0.2) is 0 Å². The molecule has 0 aromatic heterocycles. The number of aliphatic carboxylic acids is 1. The van der Waals surface area contributed by atoms with E-state index in [1.54, 1.807) is 29.0 Å². The second-order valence-electron chi connectivity index (χ2n) is 5.62. The molecular formula is C16H23ClN2O3. The van der Waals surface area contributed by atoms with E-state index in [1.165, 1.54) is 0 Å². The molecule has 0 aliphatic rings. The Morgan fingerprint density at radius 3 is 2.14 bits per heavy atom. The number of carboxylic acids is 1. The van der Waals surface area contributed by atoms with Gasteiger partial charge in [-0.1, -0.05) is 23.7 Å². The van der Waals surface area contributed by atoms with Crippen LogP contribution in [0.2, 0.25) is 5.02 Å². The number of rotatable bonds is 7. The van der Waals surface area contributed by atoms with Crippen molar-refractivity contribution in [2.75, 3.05) is 20.1 Å². The highest BCUT2D eigenvalue weighted by atomic mass is 35.5. The second-order valence-corrected chi connectivity index (χ2v) is 6.06. The summed E-state index contributed by atoms with van der Waals surface area (Å²) in [6, 6.07) is 7.22. The van der Waals surface area contributed by atoms with Crippen LogP contribution in [0.5, 0.6) is 0 Å². The first-order valence-electron chi connectivity index (χ1n) is 7.19. The van der Waals surface area contributed by atoms with Crippen LogP contribution in [0.4, 0.5) is 0 Å². The molecule has 22 heavy (non-hydrogen) atoms. The van der Waals surface area contributed by atoms with Crippen LogP contribution in [0.25, 0.3) is 0 Å². The number of hydrogen-bond acceptors (Lipinski definition) is 3. The number of hydrogen-bond donors (Lipinski definition) is 1. The molecule has 1 N–H and O–H groups in total. The van der Waals surface area contributed by atoms with Crippen molar-refractivity contribution in [3.05, 3.63) is 34.9 Å². The Balaban J connectivity index is 2.74. The van der Waals surface area contributed by atoms with Crippen molar-refractivity contribution in [3.8, 4) is 0 Å².